The maximum atomic E-state index is 9.06. The summed E-state index contributed by atoms with van der Waals surface area (Å²) in [5.74, 6) is 1.95. The van der Waals surface area contributed by atoms with Crippen LogP contribution in [0.5, 0.6) is 5.75 Å². The van der Waals surface area contributed by atoms with Crippen LogP contribution in [0.15, 0.2) is 41.3 Å². The number of fused-ring (bicyclic) bond motifs is 2. The van der Waals surface area contributed by atoms with E-state index in [9.17, 15) is 0 Å². The van der Waals surface area contributed by atoms with Gasteiger partial charge in [-0.1, -0.05) is 36.7 Å². The maximum Gasteiger partial charge on any atom is 0.124 e. The zero-order chi connectivity index (χ0) is 20.3. The number of halogens is 1. The molecular formula is C24H30ClNO2S. The molecule has 1 fully saturated rings. The van der Waals surface area contributed by atoms with Gasteiger partial charge in [0.1, 0.15) is 5.75 Å². The van der Waals surface area contributed by atoms with Gasteiger partial charge in [-0.15, -0.1) is 11.8 Å². The van der Waals surface area contributed by atoms with E-state index in [2.05, 4.69) is 36.1 Å². The molecule has 2 heterocycles. The summed E-state index contributed by atoms with van der Waals surface area (Å²) in [6, 6.07) is 13.0. The summed E-state index contributed by atoms with van der Waals surface area (Å²) < 4.78 is 6.17. The molecule has 4 rings (SSSR count). The number of ether oxygens (including phenoxy) is 1. The van der Waals surface area contributed by atoms with Crippen LogP contribution in [0.25, 0.3) is 0 Å². The minimum atomic E-state index is 0.173. The fourth-order valence-electron chi connectivity index (χ4n) is 4.61. The number of aliphatic hydroxyl groups excluding tert-OH is 1. The fourth-order valence-corrected chi connectivity index (χ4v) is 5.95. The van der Waals surface area contributed by atoms with Crippen molar-refractivity contribution in [1.29, 1.82) is 0 Å². The molecule has 29 heavy (non-hydrogen) atoms. The number of piperidine rings is 1. The van der Waals surface area contributed by atoms with Gasteiger partial charge in [-0.3, -0.25) is 0 Å². The first-order valence-corrected chi connectivity index (χ1v) is 12.0. The molecule has 0 aliphatic carbocycles. The van der Waals surface area contributed by atoms with Crippen molar-refractivity contribution in [3.05, 3.63) is 58.1 Å². The minimum Gasteiger partial charge on any atom is -0.492 e. The lowest BCUT2D eigenvalue weighted by molar-refractivity contribution is 0.127. The van der Waals surface area contributed by atoms with E-state index >= 15 is 0 Å². The van der Waals surface area contributed by atoms with E-state index < -0.39 is 0 Å². The number of hydrogen-bond acceptors (Lipinski definition) is 4. The Morgan fingerprint density at radius 1 is 1.21 bits per heavy atom. The standard InChI is InChI=1S/C24H30ClNO2S/c1-2-18-5-3-6-22(25)20(18)16-29-19-7-8-21-23(15-19)28-17-24(21)9-12-26(13-10-24)11-4-14-27/h3,5-8,15,27H,2,4,9-14,16-17H2,1H3. The maximum absolute atomic E-state index is 9.06. The van der Waals surface area contributed by atoms with E-state index in [4.69, 9.17) is 21.4 Å². The zero-order valence-corrected chi connectivity index (χ0v) is 18.7. The number of rotatable bonds is 7. The molecule has 3 nitrogen and oxygen atoms in total. The molecule has 0 saturated carbocycles. The number of aryl methyl sites for hydroxylation is 1. The van der Waals surface area contributed by atoms with Crippen molar-refractivity contribution in [2.75, 3.05) is 32.8 Å². The second-order valence-electron chi connectivity index (χ2n) is 8.17. The van der Waals surface area contributed by atoms with Crippen LogP contribution in [0, 0.1) is 0 Å². The molecule has 2 aromatic rings. The van der Waals surface area contributed by atoms with Gasteiger partial charge in [0.05, 0.1) is 6.61 Å². The van der Waals surface area contributed by atoms with Crippen molar-refractivity contribution < 1.29 is 9.84 Å². The van der Waals surface area contributed by atoms with Crippen LogP contribution < -0.4 is 4.74 Å². The number of hydrogen-bond donors (Lipinski definition) is 1. The second kappa shape index (κ2) is 9.30. The van der Waals surface area contributed by atoms with Crippen LogP contribution in [0.3, 0.4) is 0 Å². The summed E-state index contributed by atoms with van der Waals surface area (Å²) >= 11 is 8.28. The van der Waals surface area contributed by atoms with Crippen LogP contribution in [0.2, 0.25) is 5.02 Å². The molecule has 1 spiro atoms. The van der Waals surface area contributed by atoms with Gasteiger partial charge in [0.25, 0.3) is 0 Å². The van der Waals surface area contributed by atoms with E-state index in [1.54, 1.807) is 0 Å². The summed E-state index contributed by atoms with van der Waals surface area (Å²) in [6.07, 6.45) is 4.14. The first-order chi connectivity index (χ1) is 14.1. The lowest BCUT2D eigenvalue weighted by Crippen LogP contribution is -2.44. The Labute approximate surface area is 183 Å². The topological polar surface area (TPSA) is 32.7 Å². The van der Waals surface area contributed by atoms with E-state index in [-0.39, 0.29) is 12.0 Å². The number of nitrogens with zero attached hydrogens (tertiary/aromatic N) is 1. The highest BCUT2D eigenvalue weighted by molar-refractivity contribution is 7.98. The Morgan fingerprint density at radius 3 is 2.79 bits per heavy atom. The number of aliphatic hydroxyl groups is 1. The molecule has 0 radical (unpaired) electrons. The summed E-state index contributed by atoms with van der Waals surface area (Å²) in [4.78, 5) is 3.71. The Balaban J connectivity index is 1.43. The van der Waals surface area contributed by atoms with Crippen molar-refractivity contribution in [1.82, 2.24) is 4.90 Å². The highest BCUT2D eigenvalue weighted by Gasteiger charge is 2.42. The van der Waals surface area contributed by atoms with Crippen molar-refractivity contribution in [2.24, 2.45) is 0 Å². The Morgan fingerprint density at radius 2 is 2.03 bits per heavy atom. The molecule has 2 aromatic carbocycles. The van der Waals surface area contributed by atoms with Crippen molar-refractivity contribution in [3.63, 3.8) is 0 Å². The smallest absolute Gasteiger partial charge is 0.124 e. The van der Waals surface area contributed by atoms with Gasteiger partial charge in [-0.2, -0.15) is 0 Å². The zero-order valence-electron chi connectivity index (χ0n) is 17.1. The van der Waals surface area contributed by atoms with Crippen molar-refractivity contribution in [3.8, 4) is 5.75 Å². The Kier molecular flexibility index (Phi) is 6.75. The van der Waals surface area contributed by atoms with Gasteiger partial charge in [-0.25, -0.2) is 0 Å². The van der Waals surface area contributed by atoms with E-state index in [0.29, 0.717) is 0 Å². The molecule has 2 aliphatic rings. The molecule has 1 saturated heterocycles. The van der Waals surface area contributed by atoms with Crippen LogP contribution in [0.1, 0.15) is 42.9 Å². The predicted octanol–water partition coefficient (Wildman–Crippen LogP) is 5.30. The first-order valence-electron chi connectivity index (χ1n) is 10.6. The van der Waals surface area contributed by atoms with Crippen LogP contribution >= 0.6 is 23.4 Å². The molecule has 1 N–H and O–H groups in total. The average Bonchev–Trinajstić information content (AvgIpc) is 3.10. The molecule has 156 valence electrons. The lowest BCUT2D eigenvalue weighted by atomic mass is 9.74. The third-order valence-corrected chi connectivity index (χ3v) is 7.83. The SMILES string of the molecule is CCc1cccc(Cl)c1CSc1ccc2c(c1)OCC21CCN(CCCO)CC1. The number of likely N-dealkylation sites (tertiary alicyclic amines) is 1. The van der Waals surface area contributed by atoms with Crippen LogP contribution in [0.4, 0.5) is 0 Å². The molecule has 5 heteroatoms. The van der Waals surface area contributed by atoms with Gasteiger partial charge in [0, 0.05) is 39.8 Å². The average molecular weight is 432 g/mol. The summed E-state index contributed by atoms with van der Waals surface area (Å²) in [5.41, 5.74) is 4.13. The Bertz CT molecular complexity index is 849. The molecule has 0 amide bonds. The normalized spacial score (nSPS) is 18.0. The van der Waals surface area contributed by atoms with Crippen molar-refractivity contribution >= 4 is 23.4 Å². The summed E-state index contributed by atoms with van der Waals surface area (Å²) in [5, 5.41) is 9.93. The highest BCUT2D eigenvalue weighted by Crippen LogP contribution is 2.47. The van der Waals surface area contributed by atoms with Crippen LogP contribution in [-0.2, 0) is 17.6 Å². The molecule has 0 aromatic heterocycles. The van der Waals surface area contributed by atoms with Gasteiger partial charge in [0.15, 0.2) is 0 Å². The van der Waals surface area contributed by atoms with Gasteiger partial charge >= 0.3 is 0 Å². The summed E-state index contributed by atoms with van der Waals surface area (Å²) in [6.45, 7) is 6.43. The minimum absolute atomic E-state index is 0.173. The monoisotopic (exact) mass is 431 g/mol. The van der Waals surface area contributed by atoms with E-state index in [0.717, 1.165) is 68.4 Å². The lowest BCUT2D eigenvalue weighted by Gasteiger charge is -2.38. The first kappa shape index (κ1) is 21.0. The van der Waals surface area contributed by atoms with E-state index in [1.165, 1.54) is 21.6 Å². The molecule has 0 bridgehead atoms. The number of benzene rings is 2. The van der Waals surface area contributed by atoms with Gasteiger partial charge in [0.2, 0.25) is 0 Å². The van der Waals surface area contributed by atoms with Gasteiger partial charge < -0.3 is 14.7 Å². The number of thioether (sulfide) groups is 1. The third-order valence-electron chi connectivity index (χ3n) is 6.45. The largest absolute Gasteiger partial charge is 0.492 e. The predicted molar refractivity (Wildman–Crippen MR) is 121 cm³/mol. The second-order valence-corrected chi connectivity index (χ2v) is 9.62. The molecular weight excluding hydrogens is 402 g/mol. The molecule has 0 atom stereocenters. The van der Waals surface area contributed by atoms with Crippen molar-refractivity contribution in [2.45, 2.75) is 48.7 Å². The molecule has 0 unspecified atom stereocenters. The molecule has 2 aliphatic heterocycles. The highest BCUT2D eigenvalue weighted by atomic mass is 35.5. The summed E-state index contributed by atoms with van der Waals surface area (Å²) in [7, 11) is 0. The third kappa shape index (κ3) is 4.46. The van der Waals surface area contributed by atoms with E-state index in [1.807, 2.05) is 23.9 Å². The Hall–Kier alpha value is -1.20. The van der Waals surface area contributed by atoms with Gasteiger partial charge in [-0.05, 0) is 68.1 Å². The fraction of sp³-hybridized carbons (Fsp3) is 0.500. The van der Waals surface area contributed by atoms with Crippen LogP contribution in [-0.4, -0.2) is 42.9 Å². The quantitative estimate of drug-likeness (QED) is 0.602.